The van der Waals surface area contributed by atoms with Crippen molar-refractivity contribution in [3.8, 4) is 11.3 Å². The second kappa shape index (κ2) is 7.44. The summed E-state index contributed by atoms with van der Waals surface area (Å²) in [7, 11) is 0. The number of nitrogens with zero attached hydrogens (tertiary/aromatic N) is 4. The molecule has 0 radical (unpaired) electrons. The third-order valence-electron chi connectivity index (χ3n) is 5.96. The van der Waals surface area contributed by atoms with Gasteiger partial charge in [0.1, 0.15) is 11.6 Å². The summed E-state index contributed by atoms with van der Waals surface area (Å²) in [5.74, 6) is 1.25. The van der Waals surface area contributed by atoms with Crippen molar-refractivity contribution in [1.82, 2.24) is 14.8 Å². The maximum Gasteiger partial charge on any atom is 0.321 e. The zero-order valence-electron chi connectivity index (χ0n) is 16.5. The van der Waals surface area contributed by atoms with Gasteiger partial charge in [0.25, 0.3) is 0 Å². The first-order valence-electron chi connectivity index (χ1n) is 10.2. The van der Waals surface area contributed by atoms with Gasteiger partial charge >= 0.3 is 6.03 Å². The lowest BCUT2D eigenvalue weighted by Crippen LogP contribution is -2.37. The van der Waals surface area contributed by atoms with Gasteiger partial charge in [-0.3, -0.25) is 4.98 Å². The van der Waals surface area contributed by atoms with Gasteiger partial charge in [-0.2, -0.15) is 0 Å². The molecule has 1 aromatic heterocycles. The van der Waals surface area contributed by atoms with E-state index >= 15 is 0 Å². The Morgan fingerprint density at radius 3 is 2.67 bits per heavy atom. The lowest BCUT2D eigenvalue weighted by molar-refractivity contribution is 0.221. The van der Waals surface area contributed by atoms with E-state index in [-0.39, 0.29) is 23.7 Å². The number of nitrogens with two attached hydrogens (primary N) is 1. The molecular weight excluding hydrogens is 383 g/mol. The van der Waals surface area contributed by atoms with Crippen LogP contribution in [0.1, 0.15) is 6.42 Å². The Labute approximate surface area is 174 Å². The van der Waals surface area contributed by atoms with Crippen molar-refractivity contribution in [2.24, 2.45) is 16.8 Å². The van der Waals surface area contributed by atoms with Crippen LogP contribution in [-0.4, -0.2) is 53.2 Å². The van der Waals surface area contributed by atoms with Gasteiger partial charge in [-0.15, -0.1) is 0 Å². The molecule has 2 unspecified atom stereocenters. The SMILES string of the molecule is Nc1cnc(-c2ccc(F)cc2)cc1NC(=O)N1CC2C=NC(N3CCC3)=CC2C1. The van der Waals surface area contributed by atoms with E-state index in [0.717, 1.165) is 24.5 Å². The number of hydrogen-bond acceptors (Lipinski definition) is 5. The molecule has 0 aliphatic carbocycles. The maximum atomic E-state index is 13.2. The number of urea groups is 1. The molecule has 2 saturated heterocycles. The molecule has 2 amide bonds. The number of anilines is 2. The normalized spacial score (nSPS) is 22.4. The van der Waals surface area contributed by atoms with E-state index in [1.54, 1.807) is 23.1 Å². The molecule has 2 fully saturated rings. The third-order valence-corrected chi connectivity index (χ3v) is 5.96. The molecule has 2 atom stereocenters. The molecule has 2 aromatic rings. The monoisotopic (exact) mass is 406 g/mol. The van der Waals surface area contributed by atoms with Crippen molar-refractivity contribution in [3.05, 3.63) is 54.2 Å². The number of nitrogen functional groups attached to an aromatic ring is 1. The van der Waals surface area contributed by atoms with Gasteiger partial charge in [0, 0.05) is 49.8 Å². The minimum absolute atomic E-state index is 0.195. The maximum absolute atomic E-state index is 13.2. The zero-order valence-corrected chi connectivity index (χ0v) is 16.5. The fourth-order valence-corrected chi connectivity index (χ4v) is 4.04. The Kier molecular flexibility index (Phi) is 4.61. The Morgan fingerprint density at radius 1 is 1.17 bits per heavy atom. The second-order valence-corrected chi connectivity index (χ2v) is 7.97. The number of carbonyl (C=O) groups excluding carboxylic acids is 1. The van der Waals surface area contributed by atoms with Gasteiger partial charge in [0.15, 0.2) is 0 Å². The van der Waals surface area contributed by atoms with E-state index in [4.69, 9.17) is 5.73 Å². The lowest BCUT2D eigenvalue weighted by atomic mass is 9.95. The minimum Gasteiger partial charge on any atom is -0.396 e. The Hall–Kier alpha value is -3.42. The highest BCUT2D eigenvalue weighted by atomic mass is 19.1. The van der Waals surface area contributed by atoms with E-state index in [2.05, 4.69) is 26.3 Å². The van der Waals surface area contributed by atoms with Crippen LogP contribution in [0.5, 0.6) is 0 Å². The smallest absolute Gasteiger partial charge is 0.321 e. The number of hydrogen-bond donors (Lipinski definition) is 2. The van der Waals surface area contributed by atoms with Gasteiger partial charge in [0.2, 0.25) is 0 Å². The average Bonchev–Trinajstić information content (AvgIpc) is 3.13. The molecule has 5 rings (SSSR count). The van der Waals surface area contributed by atoms with Crippen molar-refractivity contribution in [1.29, 1.82) is 0 Å². The summed E-state index contributed by atoms with van der Waals surface area (Å²) in [6, 6.07) is 7.56. The number of rotatable bonds is 3. The summed E-state index contributed by atoms with van der Waals surface area (Å²) in [6.45, 7) is 3.39. The second-order valence-electron chi connectivity index (χ2n) is 7.97. The predicted molar refractivity (Wildman–Crippen MR) is 114 cm³/mol. The van der Waals surface area contributed by atoms with Gasteiger partial charge < -0.3 is 20.9 Å². The molecule has 0 spiro atoms. The van der Waals surface area contributed by atoms with Gasteiger partial charge in [-0.25, -0.2) is 14.2 Å². The fraction of sp³-hybridized carbons (Fsp3) is 0.318. The van der Waals surface area contributed by atoms with Crippen molar-refractivity contribution >= 4 is 23.6 Å². The van der Waals surface area contributed by atoms with Crippen LogP contribution in [0.25, 0.3) is 11.3 Å². The molecule has 0 bridgehead atoms. The molecule has 3 aliphatic rings. The van der Waals surface area contributed by atoms with Crippen molar-refractivity contribution in [2.75, 3.05) is 37.2 Å². The fourth-order valence-electron chi connectivity index (χ4n) is 4.04. The summed E-state index contributed by atoms with van der Waals surface area (Å²) < 4.78 is 13.2. The molecule has 1 aromatic carbocycles. The third kappa shape index (κ3) is 3.49. The molecule has 4 heterocycles. The Balaban J connectivity index is 1.29. The van der Waals surface area contributed by atoms with Crippen LogP contribution < -0.4 is 11.1 Å². The van der Waals surface area contributed by atoms with Gasteiger partial charge in [-0.1, -0.05) is 0 Å². The first kappa shape index (κ1) is 18.6. The van der Waals surface area contributed by atoms with Crippen LogP contribution in [0.2, 0.25) is 0 Å². The zero-order chi connectivity index (χ0) is 20.7. The quantitative estimate of drug-likeness (QED) is 0.820. The summed E-state index contributed by atoms with van der Waals surface area (Å²) >= 11 is 0. The van der Waals surface area contributed by atoms with Crippen LogP contribution >= 0.6 is 0 Å². The van der Waals surface area contributed by atoms with E-state index in [1.165, 1.54) is 24.8 Å². The first-order chi connectivity index (χ1) is 14.6. The highest BCUT2D eigenvalue weighted by Crippen LogP contribution is 2.31. The number of nitrogens with one attached hydrogen (secondary N) is 1. The van der Waals surface area contributed by atoms with Gasteiger partial charge in [0.05, 0.1) is 23.3 Å². The Bertz CT molecular complexity index is 1030. The van der Waals surface area contributed by atoms with E-state index in [1.807, 2.05) is 6.21 Å². The largest absolute Gasteiger partial charge is 0.396 e. The van der Waals surface area contributed by atoms with E-state index in [0.29, 0.717) is 30.2 Å². The number of fused-ring (bicyclic) bond motifs is 1. The Morgan fingerprint density at radius 2 is 1.93 bits per heavy atom. The molecule has 3 aliphatic heterocycles. The number of aliphatic imine (C=N–C) groups is 1. The highest BCUT2D eigenvalue weighted by molar-refractivity contribution is 5.94. The molecule has 0 saturated carbocycles. The standard InChI is InChI=1S/C22H23FN6O/c23-17-4-2-14(3-5-17)19-9-20(18(24)11-25-19)27-22(30)29-12-15-8-21(28-6-1-7-28)26-10-16(15)13-29/h2-5,8-11,15-16H,1,6-7,12-13,24H2,(H,25,27,30). The number of likely N-dealkylation sites (tertiary alicyclic amines) is 2. The van der Waals surface area contributed by atoms with Gasteiger partial charge in [-0.05, 0) is 42.8 Å². The van der Waals surface area contributed by atoms with Crippen LogP contribution in [0.4, 0.5) is 20.6 Å². The van der Waals surface area contributed by atoms with E-state index < -0.39 is 0 Å². The summed E-state index contributed by atoms with van der Waals surface area (Å²) in [5, 5.41) is 2.91. The molecule has 30 heavy (non-hydrogen) atoms. The minimum atomic E-state index is -0.312. The van der Waals surface area contributed by atoms with E-state index in [9.17, 15) is 9.18 Å². The van der Waals surface area contributed by atoms with Crippen LogP contribution in [0.3, 0.4) is 0 Å². The number of benzene rings is 1. The summed E-state index contributed by atoms with van der Waals surface area (Å²) in [6.07, 6.45) is 6.90. The van der Waals surface area contributed by atoms with Crippen molar-refractivity contribution in [2.45, 2.75) is 6.42 Å². The van der Waals surface area contributed by atoms with Crippen LogP contribution in [-0.2, 0) is 0 Å². The summed E-state index contributed by atoms with van der Waals surface area (Å²) in [5.41, 5.74) is 8.28. The molecular formula is C22H23FN6O. The number of aromatic nitrogens is 1. The molecule has 154 valence electrons. The number of halogens is 1. The summed E-state index contributed by atoms with van der Waals surface area (Å²) in [4.78, 5) is 25.9. The van der Waals surface area contributed by atoms with Crippen LogP contribution in [0.15, 0.2) is 53.4 Å². The molecule has 8 heteroatoms. The van der Waals surface area contributed by atoms with Crippen LogP contribution in [0, 0.1) is 17.7 Å². The topological polar surface area (TPSA) is 86.8 Å². The number of amides is 2. The lowest BCUT2D eigenvalue weighted by Gasteiger charge is -2.35. The number of pyridine rings is 1. The highest BCUT2D eigenvalue weighted by Gasteiger charge is 2.36. The first-order valence-corrected chi connectivity index (χ1v) is 10.2. The average molecular weight is 406 g/mol. The van der Waals surface area contributed by atoms with Crippen molar-refractivity contribution in [3.63, 3.8) is 0 Å². The molecule has 3 N–H and O–H groups in total. The number of carbonyl (C=O) groups is 1. The predicted octanol–water partition coefficient (Wildman–Crippen LogP) is 3.18. The van der Waals surface area contributed by atoms with Crippen molar-refractivity contribution < 1.29 is 9.18 Å². The molecule has 7 nitrogen and oxygen atoms in total.